The van der Waals surface area contributed by atoms with Gasteiger partial charge in [0.25, 0.3) is 11.8 Å². The predicted octanol–water partition coefficient (Wildman–Crippen LogP) is 3.82. The summed E-state index contributed by atoms with van der Waals surface area (Å²) in [4.78, 5) is 26.2. The summed E-state index contributed by atoms with van der Waals surface area (Å²) in [6.07, 6.45) is 0. The van der Waals surface area contributed by atoms with E-state index in [4.69, 9.17) is 11.6 Å². The first-order valence-corrected chi connectivity index (χ1v) is 7.73. The second-order valence-corrected chi connectivity index (χ2v) is 6.12. The number of carbonyl (C=O) groups is 2. The molecule has 0 atom stereocenters. The van der Waals surface area contributed by atoms with E-state index < -0.39 is 5.91 Å². The summed E-state index contributed by atoms with van der Waals surface area (Å²) < 4.78 is 0. The fourth-order valence-electron chi connectivity index (χ4n) is 2.54. The maximum Gasteiger partial charge on any atom is 0.273 e. The van der Waals surface area contributed by atoms with Crippen LogP contribution in [-0.4, -0.2) is 16.7 Å². The van der Waals surface area contributed by atoms with Crippen molar-refractivity contribution in [1.29, 1.82) is 0 Å². The molecule has 2 amide bonds. The second kappa shape index (κ2) is 6.01. The molecule has 1 heterocycles. The van der Waals surface area contributed by atoms with Crippen molar-refractivity contribution in [2.75, 3.05) is 0 Å². The van der Waals surface area contributed by atoms with Crippen LogP contribution in [0, 0.1) is 13.8 Å². The number of nitrogens with zero attached hydrogens (tertiary/aromatic N) is 1. The zero-order valence-corrected chi connectivity index (χ0v) is 13.7. The Hall–Kier alpha value is -2.39. The average Bonchev–Trinajstić information content (AvgIpc) is 2.74. The number of aryl methyl sites for hydroxylation is 2. The van der Waals surface area contributed by atoms with E-state index in [0.717, 1.165) is 16.7 Å². The molecule has 4 heteroatoms. The minimum absolute atomic E-state index is 0.00837. The molecule has 0 fully saturated rings. The Morgan fingerprint density at radius 1 is 0.826 bits per heavy atom. The SMILES string of the molecule is Cc1ccc(CN2C(=O)C(Cl)=C(c3ccc(C)cc3)C2=O)cc1. The van der Waals surface area contributed by atoms with E-state index in [1.807, 2.05) is 62.4 Å². The van der Waals surface area contributed by atoms with Crippen LogP contribution in [0.25, 0.3) is 5.57 Å². The molecule has 0 bridgehead atoms. The Balaban J connectivity index is 1.89. The van der Waals surface area contributed by atoms with Gasteiger partial charge in [-0.2, -0.15) is 0 Å². The van der Waals surface area contributed by atoms with Crippen LogP contribution in [0.5, 0.6) is 0 Å². The lowest BCUT2D eigenvalue weighted by molar-refractivity contribution is -0.137. The highest BCUT2D eigenvalue weighted by molar-refractivity contribution is 6.55. The summed E-state index contributed by atoms with van der Waals surface area (Å²) in [6, 6.07) is 15.1. The highest BCUT2D eigenvalue weighted by Crippen LogP contribution is 2.32. The van der Waals surface area contributed by atoms with Gasteiger partial charge in [-0.3, -0.25) is 14.5 Å². The summed E-state index contributed by atoms with van der Waals surface area (Å²) in [5, 5.41) is -0.00837. The molecule has 0 unspecified atom stereocenters. The van der Waals surface area contributed by atoms with Crippen molar-refractivity contribution in [3.63, 3.8) is 0 Å². The number of hydrogen-bond donors (Lipinski definition) is 0. The highest BCUT2D eigenvalue weighted by Gasteiger charge is 2.37. The number of imide groups is 1. The van der Waals surface area contributed by atoms with Gasteiger partial charge >= 0.3 is 0 Å². The molecule has 0 aromatic heterocycles. The number of amides is 2. The zero-order valence-electron chi connectivity index (χ0n) is 13.0. The van der Waals surface area contributed by atoms with Crippen LogP contribution in [-0.2, 0) is 16.1 Å². The van der Waals surface area contributed by atoms with Crippen molar-refractivity contribution < 1.29 is 9.59 Å². The lowest BCUT2D eigenvalue weighted by Gasteiger charge is -2.15. The van der Waals surface area contributed by atoms with Crippen LogP contribution in [0.1, 0.15) is 22.3 Å². The third-order valence-corrected chi connectivity index (χ3v) is 4.26. The molecule has 0 aliphatic carbocycles. The fourth-order valence-corrected chi connectivity index (χ4v) is 2.83. The van der Waals surface area contributed by atoms with Crippen molar-refractivity contribution in [1.82, 2.24) is 4.90 Å². The minimum atomic E-state index is -0.437. The second-order valence-electron chi connectivity index (χ2n) is 5.74. The summed E-state index contributed by atoms with van der Waals surface area (Å²) >= 11 is 6.15. The van der Waals surface area contributed by atoms with Gasteiger partial charge in [0.15, 0.2) is 0 Å². The van der Waals surface area contributed by atoms with Crippen molar-refractivity contribution >= 4 is 29.0 Å². The van der Waals surface area contributed by atoms with Crippen LogP contribution in [0.15, 0.2) is 53.6 Å². The molecule has 0 saturated heterocycles. The predicted molar refractivity (Wildman–Crippen MR) is 90.7 cm³/mol. The quantitative estimate of drug-likeness (QED) is 0.804. The number of rotatable bonds is 3. The van der Waals surface area contributed by atoms with Crippen LogP contribution in [0.4, 0.5) is 0 Å². The standard InChI is InChI=1S/C19H16ClNO2/c1-12-3-7-14(8-4-12)11-21-18(22)16(17(20)19(21)23)15-9-5-13(2)6-10-15/h3-10H,11H2,1-2H3. The monoisotopic (exact) mass is 325 g/mol. The lowest BCUT2D eigenvalue weighted by Crippen LogP contribution is -2.30. The number of hydrogen-bond acceptors (Lipinski definition) is 2. The van der Waals surface area contributed by atoms with Crippen LogP contribution in [0.3, 0.4) is 0 Å². The molecule has 0 spiro atoms. The van der Waals surface area contributed by atoms with Gasteiger partial charge in [-0.15, -0.1) is 0 Å². The highest BCUT2D eigenvalue weighted by atomic mass is 35.5. The van der Waals surface area contributed by atoms with E-state index >= 15 is 0 Å². The molecular weight excluding hydrogens is 310 g/mol. The fraction of sp³-hybridized carbons (Fsp3) is 0.158. The topological polar surface area (TPSA) is 37.4 Å². The molecule has 0 N–H and O–H groups in total. The first kappa shape index (κ1) is 15.5. The van der Waals surface area contributed by atoms with E-state index in [9.17, 15) is 9.59 Å². The average molecular weight is 326 g/mol. The summed E-state index contributed by atoms with van der Waals surface area (Å²) in [5.41, 5.74) is 4.06. The van der Waals surface area contributed by atoms with Crippen molar-refractivity contribution in [2.45, 2.75) is 20.4 Å². The van der Waals surface area contributed by atoms with Gasteiger partial charge in [0.2, 0.25) is 0 Å². The minimum Gasteiger partial charge on any atom is -0.269 e. The summed E-state index contributed by atoms with van der Waals surface area (Å²) in [7, 11) is 0. The van der Waals surface area contributed by atoms with E-state index in [1.54, 1.807) is 0 Å². The molecule has 2 aromatic rings. The molecule has 23 heavy (non-hydrogen) atoms. The molecule has 1 aliphatic rings. The smallest absolute Gasteiger partial charge is 0.269 e. The van der Waals surface area contributed by atoms with E-state index in [1.165, 1.54) is 4.90 Å². The van der Waals surface area contributed by atoms with Crippen LogP contribution < -0.4 is 0 Å². The van der Waals surface area contributed by atoms with E-state index in [-0.39, 0.29) is 23.1 Å². The Morgan fingerprint density at radius 3 is 1.91 bits per heavy atom. The number of benzene rings is 2. The third-order valence-electron chi connectivity index (χ3n) is 3.91. The van der Waals surface area contributed by atoms with Gasteiger partial charge in [-0.05, 0) is 25.0 Å². The normalized spacial score (nSPS) is 14.8. The largest absolute Gasteiger partial charge is 0.273 e. The molecule has 1 aliphatic heterocycles. The summed E-state index contributed by atoms with van der Waals surface area (Å²) in [6.45, 7) is 4.18. The Morgan fingerprint density at radius 2 is 1.35 bits per heavy atom. The first-order valence-electron chi connectivity index (χ1n) is 7.36. The van der Waals surface area contributed by atoms with Crippen molar-refractivity contribution in [2.24, 2.45) is 0 Å². The molecular formula is C19H16ClNO2. The first-order chi connectivity index (χ1) is 11.0. The van der Waals surface area contributed by atoms with Gasteiger partial charge < -0.3 is 0 Å². The molecule has 0 radical (unpaired) electrons. The Kier molecular flexibility index (Phi) is 4.05. The van der Waals surface area contributed by atoms with Crippen molar-refractivity contribution in [3.8, 4) is 0 Å². The molecule has 0 saturated carbocycles. The Labute approximate surface area is 140 Å². The van der Waals surface area contributed by atoms with Gasteiger partial charge in [-0.1, -0.05) is 71.3 Å². The lowest BCUT2D eigenvalue weighted by atomic mass is 10.0. The van der Waals surface area contributed by atoms with Crippen LogP contribution >= 0.6 is 11.6 Å². The molecule has 116 valence electrons. The Bertz CT molecular complexity index is 804. The maximum absolute atomic E-state index is 12.6. The van der Waals surface area contributed by atoms with Crippen molar-refractivity contribution in [3.05, 3.63) is 75.8 Å². The third kappa shape index (κ3) is 2.92. The summed E-state index contributed by atoms with van der Waals surface area (Å²) in [5.74, 6) is -0.780. The van der Waals surface area contributed by atoms with Gasteiger partial charge in [-0.25, -0.2) is 0 Å². The maximum atomic E-state index is 12.6. The van der Waals surface area contributed by atoms with Gasteiger partial charge in [0.05, 0.1) is 12.1 Å². The van der Waals surface area contributed by atoms with Gasteiger partial charge in [0.1, 0.15) is 5.03 Å². The number of carbonyl (C=O) groups excluding carboxylic acids is 2. The van der Waals surface area contributed by atoms with E-state index in [2.05, 4.69) is 0 Å². The molecule has 3 rings (SSSR count). The molecule has 2 aromatic carbocycles. The number of halogens is 1. The van der Waals surface area contributed by atoms with Gasteiger partial charge in [0, 0.05) is 0 Å². The zero-order chi connectivity index (χ0) is 16.6. The molecule has 3 nitrogen and oxygen atoms in total. The van der Waals surface area contributed by atoms with E-state index in [0.29, 0.717) is 5.56 Å². The van der Waals surface area contributed by atoms with Crippen LogP contribution in [0.2, 0.25) is 0 Å².